The second-order valence-corrected chi connectivity index (χ2v) is 6.24. The summed E-state index contributed by atoms with van der Waals surface area (Å²) in [5.74, 6) is 0. The van der Waals surface area contributed by atoms with Crippen molar-refractivity contribution in [2.24, 2.45) is 0 Å². The summed E-state index contributed by atoms with van der Waals surface area (Å²) in [5.41, 5.74) is 0. The van der Waals surface area contributed by atoms with Crippen molar-refractivity contribution in [2.45, 2.75) is 38.5 Å². The highest BCUT2D eigenvalue weighted by Gasteiger charge is 1.95. The molecule has 8 nitrogen and oxygen atoms in total. The van der Waals surface area contributed by atoms with E-state index in [0.717, 1.165) is 25.9 Å². The molecule has 0 aromatic rings. The lowest BCUT2D eigenvalue weighted by Gasteiger charge is -2.08. The highest BCUT2D eigenvalue weighted by atomic mass is 16.6. The monoisotopic (exact) mass is 410 g/mol. The largest absolute Gasteiger partial charge is 0.396 e. The average molecular weight is 411 g/mol. The van der Waals surface area contributed by atoms with Crippen LogP contribution in [0, 0.1) is 0 Å². The zero-order valence-corrected chi connectivity index (χ0v) is 17.5. The van der Waals surface area contributed by atoms with Crippen molar-refractivity contribution in [1.29, 1.82) is 0 Å². The third-order valence-electron chi connectivity index (χ3n) is 3.79. The fraction of sp³-hybridized carbons (Fsp3) is 1.00. The van der Waals surface area contributed by atoms with Crippen molar-refractivity contribution in [3.8, 4) is 0 Å². The number of aliphatic hydroxyl groups excluding tert-OH is 2. The highest BCUT2D eigenvalue weighted by Crippen LogP contribution is 2.04. The number of hydrogen-bond donors (Lipinski definition) is 2. The maximum atomic E-state index is 8.69. The van der Waals surface area contributed by atoms with Gasteiger partial charge in [0.15, 0.2) is 0 Å². The Morgan fingerprint density at radius 3 is 1.00 bits per heavy atom. The summed E-state index contributed by atoms with van der Waals surface area (Å²) in [7, 11) is 0. The molecule has 0 atom stereocenters. The van der Waals surface area contributed by atoms with E-state index >= 15 is 0 Å². The van der Waals surface area contributed by atoms with Crippen LogP contribution < -0.4 is 0 Å². The number of hydrogen-bond acceptors (Lipinski definition) is 8. The van der Waals surface area contributed by atoms with Crippen LogP contribution in [0.5, 0.6) is 0 Å². The van der Waals surface area contributed by atoms with Crippen LogP contribution in [-0.4, -0.2) is 103 Å². The average Bonchev–Trinajstić information content (AvgIpc) is 2.71. The van der Waals surface area contributed by atoms with E-state index in [-0.39, 0.29) is 6.61 Å². The molecule has 0 radical (unpaired) electrons. The zero-order valence-electron chi connectivity index (χ0n) is 17.5. The predicted molar refractivity (Wildman–Crippen MR) is 107 cm³/mol. The first-order valence-corrected chi connectivity index (χ1v) is 10.6. The number of ether oxygens (including phenoxy) is 6. The minimum absolute atomic E-state index is 0.0374. The molecule has 0 unspecified atom stereocenters. The highest BCUT2D eigenvalue weighted by molar-refractivity contribution is 4.45. The number of aliphatic hydroxyl groups is 2. The molecule has 8 heteroatoms. The summed E-state index contributed by atoms with van der Waals surface area (Å²) in [6.07, 6.45) is 6.73. The first-order chi connectivity index (χ1) is 13.9. The molecule has 0 fully saturated rings. The molecular formula is C20H42O8. The molecule has 0 aliphatic rings. The molecule has 0 aliphatic heterocycles. The van der Waals surface area contributed by atoms with Crippen molar-refractivity contribution < 1.29 is 38.6 Å². The van der Waals surface area contributed by atoms with Gasteiger partial charge in [-0.2, -0.15) is 0 Å². The smallest absolute Gasteiger partial charge is 0.0701 e. The fourth-order valence-corrected chi connectivity index (χ4v) is 2.29. The summed E-state index contributed by atoms with van der Waals surface area (Å²) in [6.45, 7) is 6.93. The molecule has 0 saturated carbocycles. The van der Waals surface area contributed by atoms with Crippen LogP contribution in [0.4, 0.5) is 0 Å². The van der Waals surface area contributed by atoms with Crippen LogP contribution in [0.25, 0.3) is 0 Å². The van der Waals surface area contributed by atoms with E-state index in [4.69, 9.17) is 38.6 Å². The Labute approximate surface area is 170 Å². The molecule has 0 bridgehead atoms. The van der Waals surface area contributed by atoms with Crippen LogP contribution in [-0.2, 0) is 28.4 Å². The van der Waals surface area contributed by atoms with Gasteiger partial charge >= 0.3 is 0 Å². The number of unbranched alkanes of at least 4 members (excludes halogenated alkanes) is 5. The Morgan fingerprint density at radius 2 is 0.607 bits per heavy atom. The van der Waals surface area contributed by atoms with Gasteiger partial charge in [-0.1, -0.05) is 25.7 Å². The van der Waals surface area contributed by atoms with Crippen molar-refractivity contribution in [2.75, 3.05) is 92.5 Å². The van der Waals surface area contributed by atoms with Crippen molar-refractivity contribution in [1.82, 2.24) is 0 Å². The van der Waals surface area contributed by atoms with Crippen molar-refractivity contribution >= 4 is 0 Å². The van der Waals surface area contributed by atoms with Gasteiger partial charge in [-0.25, -0.2) is 0 Å². The molecule has 0 saturated heterocycles. The van der Waals surface area contributed by atoms with E-state index in [1.165, 1.54) is 19.3 Å². The lowest BCUT2D eigenvalue weighted by Crippen LogP contribution is -2.14. The van der Waals surface area contributed by atoms with Gasteiger partial charge in [0.25, 0.3) is 0 Å². The summed E-state index contributed by atoms with van der Waals surface area (Å²) < 4.78 is 32.1. The van der Waals surface area contributed by atoms with E-state index in [0.29, 0.717) is 79.3 Å². The fourth-order valence-electron chi connectivity index (χ4n) is 2.29. The van der Waals surface area contributed by atoms with E-state index in [9.17, 15) is 0 Å². The van der Waals surface area contributed by atoms with Crippen LogP contribution in [0.2, 0.25) is 0 Å². The lowest BCUT2D eigenvalue weighted by atomic mass is 10.1. The Bertz CT molecular complexity index is 243. The van der Waals surface area contributed by atoms with Crippen LogP contribution >= 0.6 is 0 Å². The molecule has 0 aliphatic carbocycles. The van der Waals surface area contributed by atoms with E-state index < -0.39 is 0 Å². The van der Waals surface area contributed by atoms with E-state index in [1.807, 2.05) is 0 Å². The topological polar surface area (TPSA) is 95.8 Å². The zero-order chi connectivity index (χ0) is 20.4. The van der Waals surface area contributed by atoms with Gasteiger partial charge in [0, 0.05) is 13.2 Å². The second-order valence-electron chi connectivity index (χ2n) is 6.24. The molecule has 28 heavy (non-hydrogen) atoms. The van der Waals surface area contributed by atoms with E-state index in [1.54, 1.807) is 0 Å². The van der Waals surface area contributed by atoms with Crippen LogP contribution in [0.15, 0.2) is 0 Å². The maximum absolute atomic E-state index is 8.69. The molecule has 170 valence electrons. The predicted octanol–water partition coefficient (Wildman–Crippen LogP) is 1.41. The minimum atomic E-state index is 0.0374. The molecule has 0 amide bonds. The van der Waals surface area contributed by atoms with Gasteiger partial charge in [0.05, 0.1) is 79.3 Å². The van der Waals surface area contributed by atoms with Crippen molar-refractivity contribution in [3.63, 3.8) is 0 Å². The standard InChI is InChI=1S/C20H42O8/c21-7-5-3-1-2-4-6-9-23-11-13-25-15-17-27-19-20-28-18-16-26-14-12-24-10-8-22/h21-22H,1-20H2. The van der Waals surface area contributed by atoms with Gasteiger partial charge in [-0.05, 0) is 12.8 Å². The molecule has 0 heterocycles. The van der Waals surface area contributed by atoms with Crippen LogP contribution in [0.1, 0.15) is 38.5 Å². The molecule has 0 aromatic heterocycles. The Morgan fingerprint density at radius 1 is 0.286 bits per heavy atom. The second kappa shape index (κ2) is 26.7. The maximum Gasteiger partial charge on any atom is 0.0701 e. The Hall–Kier alpha value is -0.320. The molecule has 2 N–H and O–H groups in total. The number of rotatable bonds is 25. The first kappa shape index (κ1) is 27.7. The van der Waals surface area contributed by atoms with Gasteiger partial charge in [-0.3, -0.25) is 0 Å². The molecule has 0 rings (SSSR count). The normalized spacial score (nSPS) is 11.4. The molecule has 0 aromatic carbocycles. The summed E-state index contributed by atoms with van der Waals surface area (Å²) in [5, 5.41) is 17.2. The van der Waals surface area contributed by atoms with Crippen molar-refractivity contribution in [3.05, 3.63) is 0 Å². The van der Waals surface area contributed by atoms with Gasteiger partial charge in [0.2, 0.25) is 0 Å². The Kier molecular flexibility index (Phi) is 26.4. The van der Waals surface area contributed by atoms with Gasteiger partial charge in [0.1, 0.15) is 0 Å². The summed E-state index contributed by atoms with van der Waals surface area (Å²) in [6, 6.07) is 0. The summed E-state index contributed by atoms with van der Waals surface area (Å²) >= 11 is 0. The van der Waals surface area contributed by atoms with E-state index in [2.05, 4.69) is 0 Å². The van der Waals surface area contributed by atoms with Gasteiger partial charge < -0.3 is 38.6 Å². The third-order valence-corrected chi connectivity index (χ3v) is 3.79. The quantitative estimate of drug-likeness (QED) is 0.218. The molecule has 0 spiro atoms. The minimum Gasteiger partial charge on any atom is -0.396 e. The SMILES string of the molecule is OCCCCCCCCOCCOCCOCCOCCOCCOCCO. The first-order valence-electron chi connectivity index (χ1n) is 10.6. The summed E-state index contributed by atoms with van der Waals surface area (Å²) in [4.78, 5) is 0. The lowest BCUT2D eigenvalue weighted by molar-refractivity contribution is -0.0182. The van der Waals surface area contributed by atoms with Crippen LogP contribution in [0.3, 0.4) is 0 Å². The molecular weight excluding hydrogens is 368 g/mol. The van der Waals surface area contributed by atoms with Gasteiger partial charge in [-0.15, -0.1) is 0 Å². The third kappa shape index (κ3) is 25.7. The Balaban J connectivity index is 2.96.